The molecule has 3 heterocycles. The monoisotopic (exact) mass is 583 g/mol. The van der Waals surface area contributed by atoms with Gasteiger partial charge in [0.05, 0.1) is 28.2 Å². The molecule has 3 aromatic carbocycles. The minimum absolute atomic E-state index is 0.0354. The highest BCUT2D eigenvalue weighted by atomic mass is 32.2. The minimum Gasteiger partial charge on any atom is -0.490 e. The summed E-state index contributed by atoms with van der Waals surface area (Å²) in [6, 6.07) is 16.3. The number of aromatic nitrogens is 3. The number of hydrogen-bond donors (Lipinski definition) is 1. The Morgan fingerprint density at radius 2 is 1.83 bits per heavy atom. The number of nitrogens with two attached hydrogens (primary N) is 1. The number of nitrogens with zero attached hydrogens (tertiary/aromatic N) is 4. The maximum atomic E-state index is 13.8. The molecular weight excluding hydrogens is 563 g/mol. The van der Waals surface area contributed by atoms with Gasteiger partial charge in [-0.15, -0.1) is 0 Å². The van der Waals surface area contributed by atoms with Gasteiger partial charge in [0.15, 0.2) is 26.9 Å². The van der Waals surface area contributed by atoms with Crippen LogP contribution >= 0.6 is 0 Å². The predicted molar refractivity (Wildman–Crippen MR) is 143 cm³/mol. The van der Waals surface area contributed by atoms with E-state index in [0.717, 1.165) is 10.9 Å². The Kier molecular flexibility index (Phi) is 6.03. The topological polar surface area (TPSA) is 134 Å². The molecule has 0 unspecified atom stereocenters. The van der Waals surface area contributed by atoms with Gasteiger partial charge in [0.2, 0.25) is 0 Å². The van der Waals surface area contributed by atoms with E-state index in [1.807, 2.05) is 0 Å². The first-order valence-corrected chi connectivity index (χ1v) is 14.0. The lowest BCUT2D eigenvalue weighted by Gasteiger charge is -2.30. The second-order valence-corrected chi connectivity index (χ2v) is 11.3. The zero-order valence-corrected chi connectivity index (χ0v) is 22.0. The normalized spacial score (nSPS) is 13.7. The number of anilines is 2. The van der Waals surface area contributed by atoms with Gasteiger partial charge in [0, 0.05) is 17.9 Å². The van der Waals surface area contributed by atoms with Crippen molar-refractivity contribution in [1.82, 2.24) is 14.9 Å². The van der Waals surface area contributed by atoms with Crippen LogP contribution in [0.2, 0.25) is 0 Å². The number of sulfone groups is 1. The van der Waals surface area contributed by atoms with Crippen LogP contribution < -0.4 is 15.4 Å². The standard InChI is InChI=1S/C27H20F3N5O5S/c1-41(37,38)23-5-3-2-4-17(23)15-6-8-19-22(12-15)39-11-10-34(19)26(36)20-14-24(27(28,29)30)32-35(20)16-7-9-21-18(13-16)25(31)33-40-21/h2-9,12-14H,10-11H2,1H3,(H2,31,33). The number of nitrogen functional groups attached to an aromatic ring is 1. The molecular formula is C27H20F3N5O5S. The molecule has 2 N–H and O–H groups in total. The Bertz CT molecular complexity index is 1950. The number of alkyl halides is 3. The molecule has 0 radical (unpaired) electrons. The first-order chi connectivity index (χ1) is 19.4. The van der Waals surface area contributed by atoms with Gasteiger partial charge in [-0.3, -0.25) is 4.79 Å². The Labute approximate surface area is 230 Å². The van der Waals surface area contributed by atoms with Gasteiger partial charge in [0.1, 0.15) is 18.1 Å². The summed E-state index contributed by atoms with van der Waals surface area (Å²) in [4.78, 5) is 15.2. The highest BCUT2D eigenvalue weighted by molar-refractivity contribution is 7.90. The first kappa shape index (κ1) is 26.4. The van der Waals surface area contributed by atoms with E-state index in [2.05, 4.69) is 10.3 Å². The number of benzene rings is 3. The van der Waals surface area contributed by atoms with Gasteiger partial charge in [-0.05, 0) is 42.0 Å². The van der Waals surface area contributed by atoms with E-state index >= 15 is 0 Å². The van der Waals surface area contributed by atoms with Crippen LogP contribution in [0.25, 0.3) is 27.8 Å². The summed E-state index contributed by atoms with van der Waals surface area (Å²) in [5.74, 6) is -0.445. The van der Waals surface area contributed by atoms with Crippen molar-refractivity contribution in [1.29, 1.82) is 0 Å². The first-order valence-electron chi connectivity index (χ1n) is 12.1. The number of halogens is 3. The van der Waals surface area contributed by atoms with E-state index in [-0.39, 0.29) is 41.0 Å². The average Bonchev–Trinajstić information content (AvgIpc) is 3.56. The van der Waals surface area contributed by atoms with Gasteiger partial charge >= 0.3 is 6.18 Å². The second kappa shape index (κ2) is 9.37. The average molecular weight is 584 g/mol. The van der Waals surface area contributed by atoms with Gasteiger partial charge in [-0.1, -0.05) is 29.4 Å². The van der Waals surface area contributed by atoms with E-state index in [1.165, 1.54) is 29.2 Å². The molecule has 5 aromatic rings. The van der Waals surface area contributed by atoms with E-state index in [9.17, 15) is 26.4 Å². The fourth-order valence-corrected chi connectivity index (χ4v) is 5.62. The Morgan fingerprint density at radius 3 is 2.59 bits per heavy atom. The summed E-state index contributed by atoms with van der Waals surface area (Å²) in [7, 11) is -3.54. The summed E-state index contributed by atoms with van der Waals surface area (Å²) >= 11 is 0. The SMILES string of the molecule is CS(=O)(=O)c1ccccc1-c1ccc2c(c1)OCCN2C(=O)c1cc(C(F)(F)F)nn1-c1ccc2onc(N)c2c1. The van der Waals surface area contributed by atoms with Gasteiger partial charge in [-0.25, -0.2) is 13.1 Å². The molecule has 1 aliphatic rings. The van der Waals surface area contributed by atoms with Gasteiger partial charge in [-0.2, -0.15) is 18.3 Å². The lowest BCUT2D eigenvalue weighted by atomic mass is 10.0. The van der Waals surface area contributed by atoms with E-state index < -0.39 is 27.6 Å². The van der Waals surface area contributed by atoms with Crippen LogP contribution in [0.4, 0.5) is 24.7 Å². The third-order valence-electron chi connectivity index (χ3n) is 6.61. The summed E-state index contributed by atoms with van der Waals surface area (Å²) in [6.07, 6.45) is -3.71. The van der Waals surface area contributed by atoms with Crippen molar-refractivity contribution in [2.75, 3.05) is 30.0 Å². The maximum absolute atomic E-state index is 13.8. The van der Waals surface area contributed by atoms with Crippen LogP contribution in [-0.4, -0.2) is 48.7 Å². The molecule has 41 heavy (non-hydrogen) atoms. The Balaban J connectivity index is 1.43. The zero-order valence-electron chi connectivity index (χ0n) is 21.2. The van der Waals surface area contributed by atoms with Crippen molar-refractivity contribution in [2.45, 2.75) is 11.1 Å². The van der Waals surface area contributed by atoms with Crippen molar-refractivity contribution in [3.05, 3.63) is 78.1 Å². The van der Waals surface area contributed by atoms with Crippen molar-refractivity contribution in [3.8, 4) is 22.6 Å². The number of hydrogen-bond acceptors (Lipinski definition) is 8. The molecule has 10 nitrogen and oxygen atoms in total. The number of rotatable bonds is 4. The molecule has 0 spiro atoms. The van der Waals surface area contributed by atoms with Crippen molar-refractivity contribution >= 4 is 38.2 Å². The summed E-state index contributed by atoms with van der Waals surface area (Å²) in [5.41, 5.74) is 5.97. The zero-order chi connectivity index (χ0) is 29.1. The van der Waals surface area contributed by atoms with Crippen LogP contribution in [0.1, 0.15) is 16.2 Å². The summed E-state index contributed by atoms with van der Waals surface area (Å²) in [5, 5.41) is 7.70. The van der Waals surface area contributed by atoms with Crippen molar-refractivity contribution < 1.29 is 35.6 Å². The number of carbonyl (C=O) groups excluding carboxylic acids is 1. The molecule has 2 aromatic heterocycles. The fourth-order valence-electron chi connectivity index (χ4n) is 4.71. The molecule has 14 heteroatoms. The van der Waals surface area contributed by atoms with Crippen LogP contribution in [0.15, 0.2) is 76.1 Å². The summed E-state index contributed by atoms with van der Waals surface area (Å²) in [6.45, 7) is 0.106. The highest BCUT2D eigenvalue weighted by Gasteiger charge is 2.38. The van der Waals surface area contributed by atoms with Gasteiger partial charge < -0.3 is 19.9 Å². The smallest absolute Gasteiger partial charge is 0.435 e. The largest absolute Gasteiger partial charge is 0.490 e. The maximum Gasteiger partial charge on any atom is 0.435 e. The fraction of sp³-hybridized carbons (Fsp3) is 0.148. The molecule has 0 saturated heterocycles. The molecule has 210 valence electrons. The molecule has 0 bridgehead atoms. The molecule has 1 aliphatic heterocycles. The Hall–Kier alpha value is -4.85. The summed E-state index contributed by atoms with van der Waals surface area (Å²) < 4.78 is 77.6. The van der Waals surface area contributed by atoms with E-state index in [4.69, 9.17) is 15.0 Å². The Morgan fingerprint density at radius 1 is 1.05 bits per heavy atom. The molecule has 0 atom stereocenters. The number of amides is 1. The quantitative estimate of drug-likeness (QED) is 0.321. The third-order valence-corrected chi connectivity index (χ3v) is 7.77. The van der Waals surface area contributed by atoms with E-state index in [0.29, 0.717) is 33.8 Å². The molecule has 6 rings (SSSR count). The highest BCUT2D eigenvalue weighted by Crippen LogP contribution is 2.39. The van der Waals surface area contributed by atoms with Gasteiger partial charge in [0.25, 0.3) is 5.91 Å². The van der Waals surface area contributed by atoms with Crippen molar-refractivity contribution in [3.63, 3.8) is 0 Å². The predicted octanol–water partition coefficient (Wildman–Crippen LogP) is 4.72. The molecule has 0 aliphatic carbocycles. The lowest BCUT2D eigenvalue weighted by Crippen LogP contribution is -2.38. The third kappa shape index (κ3) is 4.65. The number of ether oxygens (including phenoxy) is 1. The molecule has 0 fully saturated rings. The number of fused-ring (bicyclic) bond motifs is 2. The number of carbonyl (C=O) groups is 1. The molecule has 0 saturated carbocycles. The van der Waals surface area contributed by atoms with Crippen LogP contribution in [0.5, 0.6) is 5.75 Å². The van der Waals surface area contributed by atoms with Crippen LogP contribution in [0, 0.1) is 0 Å². The van der Waals surface area contributed by atoms with Crippen LogP contribution in [-0.2, 0) is 16.0 Å². The van der Waals surface area contributed by atoms with Crippen molar-refractivity contribution in [2.24, 2.45) is 0 Å². The minimum atomic E-state index is -4.81. The molecule has 1 amide bonds. The van der Waals surface area contributed by atoms with E-state index in [1.54, 1.807) is 36.4 Å². The van der Waals surface area contributed by atoms with Crippen LogP contribution in [0.3, 0.4) is 0 Å². The second-order valence-electron chi connectivity index (χ2n) is 9.33. The lowest BCUT2D eigenvalue weighted by molar-refractivity contribution is -0.141.